The molecule has 2 aromatic rings. The number of piperidine rings is 1. The maximum atomic E-state index is 13.7. The zero-order valence-corrected chi connectivity index (χ0v) is 21.5. The maximum Gasteiger partial charge on any atom is 0.265 e. The SMILES string of the molecule is Cc1cc2c(cc1S(=O)(=O)N1CCC[C@H](C(=O)N(Cc3ccccc3)C(C)C)C1)O[C@@H](C)C(=O)N2. The molecule has 0 aliphatic carbocycles. The van der Waals surface area contributed by atoms with Gasteiger partial charge in [-0.3, -0.25) is 9.59 Å². The van der Waals surface area contributed by atoms with Gasteiger partial charge in [0.25, 0.3) is 5.91 Å². The van der Waals surface area contributed by atoms with Crippen LogP contribution < -0.4 is 10.1 Å². The van der Waals surface area contributed by atoms with Crippen molar-refractivity contribution in [3.8, 4) is 5.75 Å². The zero-order valence-electron chi connectivity index (χ0n) is 20.7. The van der Waals surface area contributed by atoms with Crippen molar-refractivity contribution >= 4 is 27.5 Å². The first-order chi connectivity index (χ1) is 16.6. The summed E-state index contributed by atoms with van der Waals surface area (Å²) < 4.78 is 34.4. The van der Waals surface area contributed by atoms with Gasteiger partial charge in [0, 0.05) is 31.7 Å². The van der Waals surface area contributed by atoms with Crippen molar-refractivity contribution in [1.29, 1.82) is 0 Å². The summed E-state index contributed by atoms with van der Waals surface area (Å²) in [5.74, 6) is -0.362. The molecule has 0 aromatic heterocycles. The van der Waals surface area contributed by atoms with E-state index in [9.17, 15) is 18.0 Å². The summed E-state index contributed by atoms with van der Waals surface area (Å²) >= 11 is 0. The first-order valence-corrected chi connectivity index (χ1v) is 13.5. The van der Waals surface area contributed by atoms with Crippen LogP contribution in [0.4, 0.5) is 5.69 Å². The van der Waals surface area contributed by atoms with E-state index in [1.165, 1.54) is 10.4 Å². The van der Waals surface area contributed by atoms with Gasteiger partial charge in [0.05, 0.1) is 16.5 Å². The summed E-state index contributed by atoms with van der Waals surface area (Å²) in [6.07, 6.45) is 0.559. The molecule has 0 spiro atoms. The van der Waals surface area contributed by atoms with Gasteiger partial charge in [-0.25, -0.2) is 8.42 Å². The Morgan fingerprint density at radius 2 is 1.94 bits per heavy atom. The molecule has 2 aliphatic heterocycles. The van der Waals surface area contributed by atoms with Gasteiger partial charge in [-0.15, -0.1) is 0 Å². The van der Waals surface area contributed by atoms with Gasteiger partial charge in [-0.2, -0.15) is 4.31 Å². The minimum Gasteiger partial charge on any atom is -0.479 e. The second-order valence-electron chi connectivity index (χ2n) is 9.61. The maximum absolute atomic E-state index is 13.7. The van der Waals surface area contributed by atoms with Gasteiger partial charge in [0.1, 0.15) is 5.75 Å². The molecule has 0 radical (unpaired) electrons. The highest BCUT2D eigenvalue weighted by molar-refractivity contribution is 7.89. The van der Waals surface area contributed by atoms with Crippen molar-refractivity contribution in [1.82, 2.24) is 9.21 Å². The Morgan fingerprint density at radius 1 is 1.23 bits per heavy atom. The number of rotatable bonds is 6. The van der Waals surface area contributed by atoms with Crippen LogP contribution in [0.25, 0.3) is 0 Å². The molecule has 1 N–H and O–H groups in total. The first-order valence-electron chi connectivity index (χ1n) is 12.0. The molecule has 2 atom stereocenters. The van der Waals surface area contributed by atoms with Crippen molar-refractivity contribution in [3.05, 3.63) is 53.6 Å². The molecular formula is C26H33N3O5S. The standard InChI is InChI=1S/C26H33N3O5S/c1-17(2)29(15-20-9-6-5-7-10-20)26(31)21-11-8-12-28(16-21)35(32,33)24-14-23-22(13-18(24)3)27-25(30)19(4)34-23/h5-7,9-10,13-14,17,19,21H,8,11-12,15-16H2,1-4H3,(H,27,30)/t19-,21-/m0/s1. The normalized spacial score (nSPS) is 20.7. The second-order valence-corrected chi connectivity index (χ2v) is 11.5. The molecule has 4 rings (SSSR count). The summed E-state index contributed by atoms with van der Waals surface area (Å²) in [6.45, 7) is 8.27. The van der Waals surface area contributed by atoms with Crippen LogP contribution in [0.3, 0.4) is 0 Å². The molecule has 2 amide bonds. The van der Waals surface area contributed by atoms with Gasteiger partial charge in [-0.05, 0) is 57.7 Å². The Balaban J connectivity index is 1.56. The number of aryl methyl sites for hydroxylation is 1. The fourth-order valence-electron chi connectivity index (χ4n) is 4.65. The van der Waals surface area contributed by atoms with Crippen LogP contribution >= 0.6 is 0 Å². The summed E-state index contributed by atoms with van der Waals surface area (Å²) in [5, 5.41) is 2.75. The lowest BCUT2D eigenvalue weighted by atomic mass is 9.97. The average molecular weight is 500 g/mol. The Hall–Kier alpha value is -2.91. The third-order valence-electron chi connectivity index (χ3n) is 6.66. The van der Waals surface area contributed by atoms with Crippen LogP contribution in [0.1, 0.15) is 44.7 Å². The largest absolute Gasteiger partial charge is 0.479 e. The molecule has 0 unspecified atom stereocenters. The van der Waals surface area contributed by atoms with E-state index in [4.69, 9.17) is 4.74 Å². The Morgan fingerprint density at radius 3 is 2.63 bits per heavy atom. The van der Waals surface area contributed by atoms with E-state index in [1.807, 2.05) is 49.1 Å². The highest BCUT2D eigenvalue weighted by Gasteiger charge is 2.37. The lowest BCUT2D eigenvalue weighted by molar-refractivity contribution is -0.139. The molecule has 2 aliphatic rings. The Kier molecular flexibility index (Phi) is 7.19. The van der Waals surface area contributed by atoms with Crippen molar-refractivity contribution in [2.45, 2.75) is 64.1 Å². The molecule has 9 heteroatoms. The number of sulfonamides is 1. The number of amides is 2. The Bertz CT molecular complexity index is 1210. The summed E-state index contributed by atoms with van der Waals surface area (Å²) in [6, 6.07) is 12.9. The van der Waals surface area contributed by atoms with Crippen LogP contribution in [-0.4, -0.2) is 54.7 Å². The van der Waals surface area contributed by atoms with Crippen molar-refractivity contribution in [3.63, 3.8) is 0 Å². The van der Waals surface area contributed by atoms with Gasteiger partial charge >= 0.3 is 0 Å². The number of benzene rings is 2. The number of carbonyl (C=O) groups excluding carboxylic acids is 2. The molecule has 2 aromatic carbocycles. The molecule has 0 bridgehead atoms. The number of carbonyl (C=O) groups is 2. The molecule has 1 fully saturated rings. The average Bonchev–Trinajstić information content (AvgIpc) is 2.83. The zero-order chi connectivity index (χ0) is 25.3. The third-order valence-corrected chi connectivity index (χ3v) is 8.67. The third kappa shape index (κ3) is 5.21. The minimum atomic E-state index is -3.86. The summed E-state index contributed by atoms with van der Waals surface area (Å²) in [7, 11) is -3.86. The van der Waals surface area contributed by atoms with E-state index in [1.54, 1.807) is 19.9 Å². The van der Waals surface area contributed by atoms with E-state index in [0.29, 0.717) is 42.9 Å². The highest BCUT2D eigenvalue weighted by atomic mass is 32.2. The van der Waals surface area contributed by atoms with E-state index in [0.717, 1.165) is 5.56 Å². The minimum absolute atomic E-state index is 0.00747. The first kappa shape index (κ1) is 25.2. The molecule has 188 valence electrons. The number of nitrogens with one attached hydrogen (secondary N) is 1. The summed E-state index contributed by atoms with van der Waals surface area (Å²) in [5.41, 5.74) is 2.02. The van der Waals surface area contributed by atoms with Gasteiger partial charge in [0.15, 0.2) is 6.10 Å². The van der Waals surface area contributed by atoms with E-state index >= 15 is 0 Å². The lowest BCUT2D eigenvalue weighted by Crippen LogP contribution is -2.48. The summed E-state index contributed by atoms with van der Waals surface area (Å²) in [4.78, 5) is 27.4. The quantitative estimate of drug-likeness (QED) is 0.656. The van der Waals surface area contributed by atoms with Crippen molar-refractivity contribution in [2.24, 2.45) is 5.92 Å². The smallest absolute Gasteiger partial charge is 0.265 e. The predicted octanol–water partition coefficient (Wildman–Crippen LogP) is 3.55. The van der Waals surface area contributed by atoms with E-state index < -0.39 is 22.0 Å². The molecule has 2 heterocycles. The van der Waals surface area contributed by atoms with Crippen LogP contribution in [0, 0.1) is 12.8 Å². The van der Waals surface area contributed by atoms with Crippen LogP contribution in [0.2, 0.25) is 0 Å². The number of anilines is 1. The van der Waals surface area contributed by atoms with Crippen LogP contribution in [0.5, 0.6) is 5.75 Å². The highest BCUT2D eigenvalue weighted by Crippen LogP contribution is 2.36. The predicted molar refractivity (Wildman–Crippen MR) is 134 cm³/mol. The number of hydrogen-bond donors (Lipinski definition) is 1. The van der Waals surface area contributed by atoms with Gasteiger partial charge in [-0.1, -0.05) is 30.3 Å². The molecule has 1 saturated heterocycles. The topological polar surface area (TPSA) is 96.0 Å². The molecule has 8 nitrogen and oxygen atoms in total. The van der Waals surface area contributed by atoms with E-state index in [2.05, 4.69) is 5.32 Å². The van der Waals surface area contributed by atoms with Gasteiger partial charge in [0.2, 0.25) is 15.9 Å². The monoisotopic (exact) mass is 499 g/mol. The lowest BCUT2D eigenvalue weighted by Gasteiger charge is -2.36. The molecular weight excluding hydrogens is 466 g/mol. The molecule has 0 saturated carbocycles. The van der Waals surface area contributed by atoms with E-state index in [-0.39, 0.29) is 29.3 Å². The fourth-order valence-corrected chi connectivity index (χ4v) is 6.40. The Labute approximate surface area is 207 Å². The molecule has 35 heavy (non-hydrogen) atoms. The van der Waals surface area contributed by atoms with Crippen LogP contribution in [0.15, 0.2) is 47.4 Å². The second kappa shape index (κ2) is 9.99. The van der Waals surface area contributed by atoms with Gasteiger partial charge < -0.3 is 15.0 Å². The van der Waals surface area contributed by atoms with Crippen LogP contribution in [-0.2, 0) is 26.2 Å². The van der Waals surface area contributed by atoms with Crippen molar-refractivity contribution in [2.75, 3.05) is 18.4 Å². The number of ether oxygens (including phenoxy) is 1. The number of fused-ring (bicyclic) bond motifs is 1. The fraction of sp³-hybridized carbons (Fsp3) is 0.462. The number of hydrogen-bond acceptors (Lipinski definition) is 5. The van der Waals surface area contributed by atoms with Crippen molar-refractivity contribution < 1.29 is 22.7 Å². The number of nitrogens with zero attached hydrogens (tertiary/aromatic N) is 2.